The molecule has 4 nitrogen and oxygen atoms in total. The van der Waals surface area contributed by atoms with Gasteiger partial charge < -0.3 is 5.32 Å². The average Bonchev–Trinajstić information content (AvgIpc) is 2.76. The molecule has 0 bridgehead atoms. The maximum Gasteiger partial charge on any atom is 0.220 e. The number of nitrogens with zero attached hydrogens (tertiary/aromatic N) is 2. The van der Waals surface area contributed by atoms with E-state index in [0.717, 1.165) is 11.2 Å². The first-order valence-corrected chi connectivity index (χ1v) is 6.09. The number of rotatable bonds is 5. The topological polar surface area (TPSA) is 46.4 Å². The summed E-state index contributed by atoms with van der Waals surface area (Å²) < 4.78 is 1.79. The lowest BCUT2D eigenvalue weighted by molar-refractivity contribution is -0.121. The number of hydrogen-bond donors (Lipinski definition) is 1. The number of carbonyl (C=O) groups is 1. The highest BCUT2D eigenvalue weighted by Gasteiger charge is 2.03. The molecule has 0 aliphatic heterocycles. The molecule has 0 aliphatic rings. The molecule has 5 heteroatoms. The summed E-state index contributed by atoms with van der Waals surface area (Å²) in [4.78, 5) is 11.4. The molecule has 1 amide bonds. The maximum atomic E-state index is 11.4. The number of aromatic nitrogens is 2. The van der Waals surface area contributed by atoms with Gasteiger partial charge >= 0.3 is 0 Å². The summed E-state index contributed by atoms with van der Waals surface area (Å²) in [5, 5.41) is 7.16. The summed E-state index contributed by atoms with van der Waals surface area (Å²) >= 11 is 5.52. The van der Waals surface area contributed by atoms with E-state index in [4.69, 9.17) is 11.6 Å². The van der Waals surface area contributed by atoms with Crippen LogP contribution < -0.4 is 5.32 Å². The lowest BCUT2D eigenvalue weighted by atomic mass is 10.3. The van der Waals surface area contributed by atoms with Gasteiger partial charge in [0.05, 0.1) is 17.8 Å². The van der Waals surface area contributed by atoms with E-state index in [-0.39, 0.29) is 5.91 Å². The fourth-order valence-corrected chi connectivity index (χ4v) is 1.72. The summed E-state index contributed by atoms with van der Waals surface area (Å²) in [5.74, 6) is 0.532. The third-order valence-electron chi connectivity index (χ3n) is 2.42. The number of fused-ring (bicyclic) bond motifs is 1. The van der Waals surface area contributed by atoms with Crippen LogP contribution in [0, 0.1) is 0 Å². The standard InChI is InChI=1S/C12H14ClN3O/c13-6-3-5-12(17)14-9-10-8-11-4-1-2-7-16(11)15-10/h1-2,4,7-8H,3,5-6,9H2,(H,14,17). The number of carbonyl (C=O) groups excluding carboxylic acids is 1. The van der Waals surface area contributed by atoms with Gasteiger partial charge in [-0.15, -0.1) is 11.6 Å². The molecule has 2 aromatic heterocycles. The third kappa shape index (κ3) is 3.20. The highest BCUT2D eigenvalue weighted by molar-refractivity contribution is 6.17. The summed E-state index contributed by atoms with van der Waals surface area (Å²) in [6.07, 6.45) is 3.06. The van der Waals surface area contributed by atoms with Crippen molar-refractivity contribution < 1.29 is 4.79 Å². The minimum atomic E-state index is 0.0164. The van der Waals surface area contributed by atoms with Crippen LogP contribution in [-0.2, 0) is 11.3 Å². The molecule has 0 saturated heterocycles. The Morgan fingerprint density at radius 3 is 3.12 bits per heavy atom. The van der Waals surface area contributed by atoms with Crippen molar-refractivity contribution in [3.8, 4) is 0 Å². The SMILES string of the molecule is O=C(CCCCl)NCc1cc2ccccn2n1. The van der Waals surface area contributed by atoms with E-state index in [1.54, 1.807) is 4.52 Å². The molecule has 17 heavy (non-hydrogen) atoms. The van der Waals surface area contributed by atoms with E-state index in [0.29, 0.717) is 25.3 Å². The number of alkyl halides is 1. The maximum absolute atomic E-state index is 11.4. The fourth-order valence-electron chi connectivity index (χ4n) is 1.58. The van der Waals surface area contributed by atoms with Gasteiger partial charge in [-0.25, -0.2) is 4.52 Å². The molecule has 0 fully saturated rings. The van der Waals surface area contributed by atoms with Crippen molar-refractivity contribution in [2.75, 3.05) is 5.88 Å². The molecular formula is C12H14ClN3O. The quantitative estimate of drug-likeness (QED) is 0.826. The second kappa shape index (κ2) is 5.68. The van der Waals surface area contributed by atoms with E-state index in [1.807, 2.05) is 30.5 Å². The van der Waals surface area contributed by atoms with Gasteiger partial charge in [0.25, 0.3) is 0 Å². The Morgan fingerprint density at radius 2 is 2.35 bits per heavy atom. The van der Waals surface area contributed by atoms with Crippen LogP contribution >= 0.6 is 11.6 Å². The Hall–Kier alpha value is -1.55. The van der Waals surface area contributed by atoms with Gasteiger partial charge in [0.2, 0.25) is 5.91 Å². The lowest BCUT2D eigenvalue weighted by Gasteiger charge is -2.01. The molecule has 2 rings (SSSR count). The molecule has 0 saturated carbocycles. The Balaban J connectivity index is 1.92. The van der Waals surface area contributed by atoms with Crippen LogP contribution in [0.15, 0.2) is 30.5 Å². The predicted molar refractivity (Wildman–Crippen MR) is 67.0 cm³/mol. The Labute approximate surface area is 105 Å². The molecule has 2 aromatic rings. The zero-order valence-electron chi connectivity index (χ0n) is 9.40. The van der Waals surface area contributed by atoms with Crippen molar-refractivity contribution in [2.24, 2.45) is 0 Å². The van der Waals surface area contributed by atoms with Crippen molar-refractivity contribution in [2.45, 2.75) is 19.4 Å². The summed E-state index contributed by atoms with van der Waals surface area (Å²) in [7, 11) is 0. The number of hydrogen-bond acceptors (Lipinski definition) is 2. The van der Waals surface area contributed by atoms with Gasteiger partial charge in [0.1, 0.15) is 0 Å². The van der Waals surface area contributed by atoms with Crippen LogP contribution in [0.5, 0.6) is 0 Å². The number of pyridine rings is 1. The van der Waals surface area contributed by atoms with Crippen LogP contribution in [0.3, 0.4) is 0 Å². The summed E-state index contributed by atoms with van der Waals surface area (Å²) in [6.45, 7) is 0.461. The summed E-state index contributed by atoms with van der Waals surface area (Å²) in [6, 6.07) is 7.82. The van der Waals surface area contributed by atoms with Gasteiger partial charge in [0.15, 0.2) is 0 Å². The molecule has 2 heterocycles. The first-order valence-electron chi connectivity index (χ1n) is 5.55. The Kier molecular flexibility index (Phi) is 3.98. The number of nitrogens with one attached hydrogen (secondary N) is 1. The molecule has 0 aliphatic carbocycles. The normalized spacial score (nSPS) is 10.6. The smallest absolute Gasteiger partial charge is 0.220 e. The van der Waals surface area contributed by atoms with Crippen molar-refractivity contribution >= 4 is 23.0 Å². The molecule has 1 N–H and O–H groups in total. The van der Waals surface area contributed by atoms with Crippen LogP contribution in [0.25, 0.3) is 5.52 Å². The lowest BCUT2D eigenvalue weighted by Crippen LogP contribution is -2.22. The molecular weight excluding hydrogens is 238 g/mol. The molecule has 0 spiro atoms. The van der Waals surface area contributed by atoms with E-state index in [1.165, 1.54) is 0 Å². The largest absolute Gasteiger partial charge is 0.350 e. The van der Waals surface area contributed by atoms with E-state index < -0.39 is 0 Å². The third-order valence-corrected chi connectivity index (χ3v) is 2.69. The van der Waals surface area contributed by atoms with Crippen molar-refractivity contribution in [3.63, 3.8) is 0 Å². The highest BCUT2D eigenvalue weighted by Crippen LogP contribution is 2.05. The summed E-state index contributed by atoms with van der Waals surface area (Å²) in [5.41, 5.74) is 1.88. The van der Waals surface area contributed by atoms with Gasteiger partial charge in [0, 0.05) is 18.5 Å². The second-order valence-corrected chi connectivity index (χ2v) is 4.15. The average molecular weight is 252 g/mol. The molecule has 0 unspecified atom stereocenters. The highest BCUT2D eigenvalue weighted by atomic mass is 35.5. The van der Waals surface area contributed by atoms with Gasteiger partial charge in [-0.05, 0) is 24.6 Å². The van der Waals surface area contributed by atoms with E-state index in [2.05, 4.69) is 10.4 Å². The minimum Gasteiger partial charge on any atom is -0.350 e. The number of amides is 1. The molecule has 0 aromatic carbocycles. The minimum absolute atomic E-state index is 0.0164. The first kappa shape index (κ1) is 11.9. The number of halogens is 1. The second-order valence-electron chi connectivity index (χ2n) is 3.78. The monoisotopic (exact) mass is 251 g/mol. The Bertz CT molecular complexity index is 476. The molecule has 0 radical (unpaired) electrons. The van der Waals surface area contributed by atoms with Gasteiger partial charge in [-0.1, -0.05) is 6.07 Å². The molecule has 0 atom stereocenters. The van der Waals surface area contributed by atoms with E-state index in [9.17, 15) is 4.79 Å². The zero-order valence-corrected chi connectivity index (χ0v) is 10.2. The van der Waals surface area contributed by atoms with Crippen molar-refractivity contribution in [3.05, 3.63) is 36.2 Å². The van der Waals surface area contributed by atoms with Crippen LogP contribution in [-0.4, -0.2) is 21.4 Å². The van der Waals surface area contributed by atoms with Gasteiger partial charge in [-0.2, -0.15) is 5.10 Å². The van der Waals surface area contributed by atoms with Crippen LogP contribution in [0.1, 0.15) is 18.5 Å². The van der Waals surface area contributed by atoms with Gasteiger partial charge in [-0.3, -0.25) is 4.79 Å². The molecule has 90 valence electrons. The predicted octanol–water partition coefficient (Wildman–Crippen LogP) is 1.97. The van der Waals surface area contributed by atoms with Crippen molar-refractivity contribution in [1.82, 2.24) is 14.9 Å². The van der Waals surface area contributed by atoms with Crippen LogP contribution in [0.2, 0.25) is 0 Å². The first-order chi connectivity index (χ1) is 8.29. The zero-order chi connectivity index (χ0) is 12.1. The van der Waals surface area contributed by atoms with Crippen LogP contribution in [0.4, 0.5) is 0 Å². The fraction of sp³-hybridized carbons (Fsp3) is 0.333. The van der Waals surface area contributed by atoms with E-state index >= 15 is 0 Å². The Morgan fingerprint density at radius 1 is 1.47 bits per heavy atom. The van der Waals surface area contributed by atoms with Crippen molar-refractivity contribution in [1.29, 1.82) is 0 Å².